The number of likely N-dealkylation sites (N-methyl/N-ethyl adjacent to an activating group) is 2. The van der Waals surface area contributed by atoms with Crippen LogP contribution in [0.5, 0.6) is 0 Å². The first-order valence-corrected chi connectivity index (χ1v) is 9.54. The number of amides is 1. The number of rotatable bonds is 5. The van der Waals surface area contributed by atoms with Crippen LogP contribution in [0.25, 0.3) is 11.3 Å². The molecule has 0 atom stereocenters. The van der Waals surface area contributed by atoms with Crippen molar-refractivity contribution in [2.45, 2.75) is 6.54 Å². The summed E-state index contributed by atoms with van der Waals surface area (Å²) in [5.41, 5.74) is 1.04. The van der Waals surface area contributed by atoms with Gasteiger partial charge in [-0.3, -0.25) is 4.79 Å². The highest BCUT2D eigenvalue weighted by Gasteiger charge is 2.24. The highest BCUT2D eigenvalue weighted by Crippen LogP contribution is 2.24. The van der Waals surface area contributed by atoms with Crippen LogP contribution in [-0.4, -0.2) is 57.6 Å². The number of benzene rings is 1. The fourth-order valence-electron chi connectivity index (χ4n) is 3.11. The number of carbonyl (C=O) groups excluding carboxylic acids is 1. The summed E-state index contributed by atoms with van der Waals surface area (Å²) in [5.74, 6) is 1.82. The number of hydrogen-bond donors (Lipinski definition) is 2. The molecule has 25 heavy (non-hydrogen) atoms. The Morgan fingerprint density at radius 2 is 1.80 bits per heavy atom. The minimum atomic E-state index is 0.177. The van der Waals surface area contributed by atoms with E-state index in [9.17, 15) is 4.79 Å². The number of furan rings is 1. The number of nitrogens with zero attached hydrogens (tertiary/aromatic N) is 1. The number of nitrogens with one attached hydrogen (secondary N) is 2. The summed E-state index contributed by atoms with van der Waals surface area (Å²) in [6.45, 7) is 5.50. The van der Waals surface area contributed by atoms with Crippen molar-refractivity contribution in [3.63, 3.8) is 0 Å². The quantitative estimate of drug-likeness (QED) is 0.736. The van der Waals surface area contributed by atoms with E-state index >= 15 is 0 Å². The zero-order valence-electron chi connectivity index (χ0n) is 14.8. The van der Waals surface area contributed by atoms with Gasteiger partial charge in [-0.25, -0.2) is 0 Å². The molecule has 0 radical (unpaired) electrons. The summed E-state index contributed by atoms with van der Waals surface area (Å²) in [4.78, 5) is 17.2. The van der Waals surface area contributed by atoms with Crippen molar-refractivity contribution in [3.05, 3.63) is 46.6 Å². The molecule has 2 N–H and O–H groups in total. The number of carbonyl (C=O) groups is 1. The minimum Gasteiger partial charge on any atom is -0.459 e. The molecule has 1 aliphatic rings. The molecule has 1 fully saturated rings. The van der Waals surface area contributed by atoms with Gasteiger partial charge >= 0.3 is 0 Å². The standard InChI is InChI=1S/C19H24BrN3O2/c1-21-9-11-23(12-10-21)14-19(24)22(2)13-17-7-8-18(25-17)15-3-5-16(20)6-4-15/h3-8H,9-14H2,1-2H3/p+2. The molecule has 1 aromatic carbocycles. The lowest BCUT2D eigenvalue weighted by Gasteiger charge is -2.28. The Bertz CT molecular complexity index is 706. The molecular formula is C19H26BrN3O2+2. The monoisotopic (exact) mass is 407 g/mol. The van der Waals surface area contributed by atoms with Gasteiger partial charge in [0, 0.05) is 17.1 Å². The smallest absolute Gasteiger partial charge is 0.277 e. The Kier molecular flexibility index (Phi) is 5.93. The molecular weight excluding hydrogens is 382 g/mol. The molecule has 1 aliphatic heterocycles. The summed E-state index contributed by atoms with van der Waals surface area (Å²) < 4.78 is 6.96. The van der Waals surface area contributed by atoms with Crippen molar-refractivity contribution in [3.8, 4) is 11.3 Å². The summed E-state index contributed by atoms with van der Waals surface area (Å²) in [7, 11) is 4.07. The maximum absolute atomic E-state index is 12.5. The maximum atomic E-state index is 12.5. The van der Waals surface area contributed by atoms with E-state index in [2.05, 4.69) is 23.0 Å². The third kappa shape index (κ3) is 4.93. The number of piperazine rings is 1. The molecule has 3 rings (SSSR count). The second kappa shape index (κ2) is 8.17. The van der Waals surface area contributed by atoms with Crippen molar-refractivity contribution in [1.82, 2.24) is 4.90 Å². The van der Waals surface area contributed by atoms with Gasteiger partial charge in [-0.2, -0.15) is 0 Å². The van der Waals surface area contributed by atoms with Gasteiger partial charge in [0.05, 0.1) is 13.6 Å². The molecule has 0 aliphatic carbocycles. The Morgan fingerprint density at radius 1 is 1.12 bits per heavy atom. The lowest BCUT2D eigenvalue weighted by Crippen LogP contribution is -3.27. The summed E-state index contributed by atoms with van der Waals surface area (Å²) in [6, 6.07) is 11.9. The summed E-state index contributed by atoms with van der Waals surface area (Å²) in [6.07, 6.45) is 0. The first kappa shape index (κ1) is 18.2. The second-order valence-electron chi connectivity index (χ2n) is 6.91. The molecule has 0 unspecified atom stereocenters. The highest BCUT2D eigenvalue weighted by atomic mass is 79.9. The van der Waals surface area contributed by atoms with Crippen LogP contribution in [0, 0.1) is 0 Å². The summed E-state index contributed by atoms with van der Waals surface area (Å²) in [5, 5.41) is 0. The van der Waals surface area contributed by atoms with Gasteiger partial charge in [0.2, 0.25) is 0 Å². The number of quaternary nitrogens is 2. The Morgan fingerprint density at radius 3 is 2.48 bits per heavy atom. The van der Waals surface area contributed by atoms with Crippen LogP contribution >= 0.6 is 15.9 Å². The predicted molar refractivity (Wildman–Crippen MR) is 101 cm³/mol. The van der Waals surface area contributed by atoms with E-state index in [1.54, 1.807) is 9.80 Å². The lowest BCUT2D eigenvalue weighted by atomic mass is 10.2. The fraction of sp³-hybridized carbons (Fsp3) is 0.421. The van der Waals surface area contributed by atoms with Crippen LogP contribution in [0.15, 0.2) is 45.3 Å². The van der Waals surface area contributed by atoms with Crippen LogP contribution in [0.4, 0.5) is 0 Å². The van der Waals surface area contributed by atoms with Crippen molar-refractivity contribution in [2.24, 2.45) is 0 Å². The van der Waals surface area contributed by atoms with Gasteiger partial charge in [0.1, 0.15) is 37.7 Å². The van der Waals surface area contributed by atoms with Crippen molar-refractivity contribution in [2.75, 3.05) is 46.8 Å². The maximum Gasteiger partial charge on any atom is 0.277 e. The Hall–Kier alpha value is -1.63. The van der Waals surface area contributed by atoms with Crippen LogP contribution in [-0.2, 0) is 11.3 Å². The molecule has 5 nitrogen and oxygen atoms in total. The van der Waals surface area contributed by atoms with E-state index in [0.717, 1.165) is 47.7 Å². The average Bonchev–Trinajstić information content (AvgIpc) is 3.06. The molecule has 2 heterocycles. The van der Waals surface area contributed by atoms with Gasteiger partial charge in [-0.1, -0.05) is 28.1 Å². The van der Waals surface area contributed by atoms with E-state index in [1.807, 2.05) is 43.4 Å². The fourth-order valence-corrected chi connectivity index (χ4v) is 3.37. The molecule has 1 amide bonds. The summed E-state index contributed by atoms with van der Waals surface area (Å²) >= 11 is 3.44. The van der Waals surface area contributed by atoms with E-state index in [-0.39, 0.29) is 5.91 Å². The van der Waals surface area contributed by atoms with Gasteiger partial charge in [0.15, 0.2) is 6.54 Å². The second-order valence-corrected chi connectivity index (χ2v) is 7.82. The topological polar surface area (TPSA) is 42.3 Å². The molecule has 0 bridgehead atoms. The first-order valence-electron chi connectivity index (χ1n) is 8.75. The van der Waals surface area contributed by atoms with Gasteiger partial charge < -0.3 is 19.1 Å². The predicted octanol–water partition coefficient (Wildman–Crippen LogP) is 0.0807. The van der Waals surface area contributed by atoms with E-state index < -0.39 is 0 Å². The van der Waals surface area contributed by atoms with Crippen LogP contribution < -0.4 is 9.80 Å². The van der Waals surface area contributed by atoms with Gasteiger partial charge in [0.25, 0.3) is 5.91 Å². The van der Waals surface area contributed by atoms with Crippen LogP contribution in [0.2, 0.25) is 0 Å². The van der Waals surface area contributed by atoms with E-state index in [4.69, 9.17) is 4.42 Å². The Balaban J connectivity index is 1.55. The van der Waals surface area contributed by atoms with Gasteiger partial charge in [-0.05, 0) is 24.3 Å². The first-order chi connectivity index (χ1) is 12.0. The molecule has 1 saturated heterocycles. The molecule has 0 spiro atoms. The minimum absolute atomic E-state index is 0.177. The lowest BCUT2D eigenvalue weighted by molar-refractivity contribution is -1.000. The molecule has 134 valence electrons. The van der Waals surface area contributed by atoms with Crippen molar-refractivity contribution < 1.29 is 19.0 Å². The molecule has 1 aromatic heterocycles. The third-order valence-electron chi connectivity index (χ3n) is 4.82. The zero-order chi connectivity index (χ0) is 17.8. The zero-order valence-corrected chi connectivity index (χ0v) is 16.4. The largest absolute Gasteiger partial charge is 0.459 e. The SMILES string of the molecule is CN(Cc1ccc(-c2ccc(Br)cc2)o1)C(=O)C[NH+]1CC[NH+](C)CC1. The van der Waals surface area contributed by atoms with Crippen LogP contribution in [0.3, 0.4) is 0 Å². The Labute approximate surface area is 157 Å². The molecule has 2 aromatic rings. The number of hydrogen-bond acceptors (Lipinski definition) is 2. The molecule has 6 heteroatoms. The van der Waals surface area contributed by atoms with E-state index in [1.165, 1.54) is 4.90 Å². The van der Waals surface area contributed by atoms with Gasteiger partial charge in [-0.15, -0.1) is 0 Å². The highest BCUT2D eigenvalue weighted by molar-refractivity contribution is 9.10. The number of halogens is 1. The van der Waals surface area contributed by atoms with Crippen LogP contribution in [0.1, 0.15) is 5.76 Å². The molecule has 0 saturated carbocycles. The van der Waals surface area contributed by atoms with E-state index in [0.29, 0.717) is 13.1 Å². The van der Waals surface area contributed by atoms with Crippen molar-refractivity contribution in [1.29, 1.82) is 0 Å². The average molecular weight is 408 g/mol. The normalized spacial score (nSPS) is 20.4. The van der Waals surface area contributed by atoms with Crippen molar-refractivity contribution >= 4 is 21.8 Å². The third-order valence-corrected chi connectivity index (χ3v) is 5.35.